The van der Waals surface area contributed by atoms with Crippen LogP contribution in [0.5, 0.6) is 5.88 Å². The Morgan fingerprint density at radius 2 is 2.36 bits per heavy atom. The standard InChI is InChI=1S/C9H13N3O2/c10-7-1-3-12-9(8(7)11)14-6-2-4-13-5-6/h1,3,6H,2,4-5,11H2,(H2,10,12). The molecule has 4 N–H and O–H groups in total. The molecule has 1 unspecified atom stereocenters. The van der Waals surface area contributed by atoms with Gasteiger partial charge in [-0.15, -0.1) is 0 Å². The third kappa shape index (κ3) is 1.72. The third-order valence-electron chi connectivity index (χ3n) is 2.15. The first-order valence-corrected chi connectivity index (χ1v) is 4.51. The van der Waals surface area contributed by atoms with E-state index in [1.165, 1.54) is 0 Å². The summed E-state index contributed by atoms with van der Waals surface area (Å²) in [6.45, 7) is 1.32. The Bertz CT molecular complexity index is 324. The maximum absolute atomic E-state index is 5.71. The third-order valence-corrected chi connectivity index (χ3v) is 2.15. The molecule has 0 aromatic carbocycles. The quantitative estimate of drug-likeness (QED) is 0.714. The van der Waals surface area contributed by atoms with E-state index in [0.29, 0.717) is 23.9 Å². The van der Waals surface area contributed by atoms with Crippen molar-refractivity contribution in [1.82, 2.24) is 4.98 Å². The van der Waals surface area contributed by atoms with Crippen LogP contribution in [-0.2, 0) is 4.74 Å². The van der Waals surface area contributed by atoms with Crippen LogP contribution in [0.2, 0.25) is 0 Å². The molecule has 76 valence electrons. The predicted molar refractivity (Wildman–Crippen MR) is 52.9 cm³/mol. The van der Waals surface area contributed by atoms with Gasteiger partial charge < -0.3 is 20.9 Å². The fraction of sp³-hybridized carbons (Fsp3) is 0.444. The number of anilines is 2. The van der Waals surface area contributed by atoms with E-state index in [-0.39, 0.29) is 6.10 Å². The van der Waals surface area contributed by atoms with Gasteiger partial charge in [-0.05, 0) is 6.07 Å². The molecular formula is C9H13N3O2. The van der Waals surface area contributed by atoms with Gasteiger partial charge in [-0.3, -0.25) is 0 Å². The van der Waals surface area contributed by atoms with Gasteiger partial charge in [0.1, 0.15) is 11.8 Å². The molecule has 1 fully saturated rings. The van der Waals surface area contributed by atoms with E-state index in [2.05, 4.69) is 4.98 Å². The van der Waals surface area contributed by atoms with Crippen LogP contribution in [0.25, 0.3) is 0 Å². The number of nitrogens with two attached hydrogens (primary N) is 2. The molecule has 14 heavy (non-hydrogen) atoms. The second-order valence-electron chi connectivity index (χ2n) is 3.22. The number of aromatic nitrogens is 1. The second-order valence-corrected chi connectivity index (χ2v) is 3.22. The van der Waals surface area contributed by atoms with Crippen molar-refractivity contribution in [2.45, 2.75) is 12.5 Å². The summed E-state index contributed by atoms with van der Waals surface area (Å²) in [5, 5.41) is 0. The molecule has 1 atom stereocenters. The molecule has 1 aromatic heterocycles. The number of pyridine rings is 1. The lowest BCUT2D eigenvalue weighted by Crippen LogP contribution is -2.17. The highest BCUT2D eigenvalue weighted by molar-refractivity contribution is 5.67. The van der Waals surface area contributed by atoms with Gasteiger partial charge in [-0.25, -0.2) is 4.98 Å². The molecule has 5 nitrogen and oxygen atoms in total. The van der Waals surface area contributed by atoms with Crippen LogP contribution in [-0.4, -0.2) is 24.3 Å². The van der Waals surface area contributed by atoms with Crippen LogP contribution in [0.15, 0.2) is 12.3 Å². The van der Waals surface area contributed by atoms with Crippen molar-refractivity contribution in [3.63, 3.8) is 0 Å². The minimum atomic E-state index is 0.0478. The topological polar surface area (TPSA) is 83.4 Å². The van der Waals surface area contributed by atoms with E-state index in [1.807, 2.05) is 0 Å². The summed E-state index contributed by atoms with van der Waals surface area (Å²) in [5.74, 6) is 0.403. The van der Waals surface area contributed by atoms with Gasteiger partial charge in [0.2, 0.25) is 5.88 Å². The van der Waals surface area contributed by atoms with Gasteiger partial charge in [0, 0.05) is 12.6 Å². The van der Waals surface area contributed by atoms with Crippen LogP contribution in [0, 0.1) is 0 Å². The molecule has 0 amide bonds. The molecule has 0 bridgehead atoms. The molecule has 1 aliphatic heterocycles. The van der Waals surface area contributed by atoms with Crippen LogP contribution in [0.1, 0.15) is 6.42 Å². The zero-order valence-corrected chi connectivity index (χ0v) is 7.77. The zero-order chi connectivity index (χ0) is 9.97. The highest BCUT2D eigenvalue weighted by Gasteiger charge is 2.19. The maximum Gasteiger partial charge on any atom is 0.239 e. The molecule has 0 aliphatic carbocycles. The minimum Gasteiger partial charge on any atom is -0.470 e. The Kier molecular flexibility index (Phi) is 2.41. The Morgan fingerprint density at radius 1 is 1.50 bits per heavy atom. The van der Waals surface area contributed by atoms with Crippen molar-refractivity contribution >= 4 is 11.4 Å². The Morgan fingerprint density at radius 3 is 3.07 bits per heavy atom. The molecule has 2 heterocycles. The molecule has 1 aromatic rings. The largest absolute Gasteiger partial charge is 0.470 e. The average Bonchev–Trinajstić information content (AvgIpc) is 2.66. The van der Waals surface area contributed by atoms with E-state index < -0.39 is 0 Å². The normalized spacial score (nSPS) is 21.0. The summed E-state index contributed by atoms with van der Waals surface area (Å²) in [6, 6.07) is 1.65. The Balaban J connectivity index is 2.11. The first kappa shape index (κ1) is 9.08. The summed E-state index contributed by atoms with van der Waals surface area (Å²) < 4.78 is 10.7. The number of hydrogen-bond donors (Lipinski definition) is 2. The molecule has 2 rings (SSSR count). The van der Waals surface area contributed by atoms with Gasteiger partial charge in [0.25, 0.3) is 0 Å². The van der Waals surface area contributed by atoms with E-state index in [1.54, 1.807) is 12.3 Å². The predicted octanol–water partition coefficient (Wildman–Crippen LogP) is 0.414. The molecule has 1 aliphatic rings. The lowest BCUT2D eigenvalue weighted by atomic mass is 10.3. The van der Waals surface area contributed by atoms with Gasteiger partial charge in [0.05, 0.1) is 18.9 Å². The van der Waals surface area contributed by atoms with Crippen molar-refractivity contribution < 1.29 is 9.47 Å². The van der Waals surface area contributed by atoms with Crippen molar-refractivity contribution in [2.75, 3.05) is 24.7 Å². The fourth-order valence-corrected chi connectivity index (χ4v) is 1.33. The average molecular weight is 195 g/mol. The molecule has 0 saturated carbocycles. The number of rotatable bonds is 2. The van der Waals surface area contributed by atoms with Crippen molar-refractivity contribution in [3.8, 4) is 5.88 Å². The lowest BCUT2D eigenvalue weighted by molar-refractivity contribution is 0.138. The highest BCUT2D eigenvalue weighted by atomic mass is 16.5. The summed E-state index contributed by atoms with van der Waals surface area (Å²) in [5.41, 5.74) is 12.2. The highest BCUT2D eigenvalue weighted by Crippen LogP contribution is 2.26. The maximum atomic E-state index is 5.71. The second kappa shape index (κ2) is 3.71. The Labute approximate surface area is 82.0 Å². The van der Waals surface area contributed by atoms with E-state index >= 15 is 0 Å². The van der Waals surface area contributed by atoms with Crippen molar-refractivity contribution in [1.29, 1.82) is 0 Å². The van der Waals surface area contributed by atoms with Crippen molar-refractivity contribution in [3.05, 3.63) is 12.3 Å². The smallest absolute Gasteiger partial charge is 0.239 e. The van der Waals surface area contributed by atoms with Gasteiger partial charge in [-0.1, -0.05) is 0 Å². The van der Waals surface area contributed by atoms with Crippen LogP contribution in [0.4, 0.5) is 11.4 Å². The number of hydrogen-bond acceptors (Lipinski definition) is 5. The van der Waals surface area contributed by atoms with E-state index in [4.69, 9.17) is 20.9 Å². The Hall–Kier alpha value is -1.49. The number of nitrogens with zero attached hydrogens (tertiary/aromatic N) is 1. The van der Waals surface area contributed by atoms with E-state index in [0.717, 1.165) is 13.0 Å². The van der Waals surface area contributed by atoms with Crippen LogP contribution >= 0.6 is 0 Å². The van der Waals surface area contributed by atoms with Crippen LogP contribution < -0.4 is 16.2 Å². The van der Waals surface area contributed by atoms with Gasteiger partial charge in [0.15, 0.2) is 0 Å². The summed E-state index contributed by atoms with van der Waals surface area (Å²) in [6.07, 6.45) is 2.50. The SMILES string of the molecule is Nc1ccnc(OC2CCOC2)c1N. The minimum absolute atomic E-state index is 0.0478. The zero-order valence-electron chi connectivity index (χ0n) is 7.77. The molecule has 0 spiro atoms. The first-order valence-electron chi connectivity index (χ1n) is 4.51. The summed E-state index contributed by atoms with van der Waals surface area (Å²) in [7, 11) is 0. The molecular weight excluding hydrogens is 182 g/mol. The van der Waals surface area contributed by atoms with Gasteiger partial charge in [-0.2, -0.15) is 0 Å². The van der Waals surface area contributed by atoms with Crippen molar-refractivity contribution in [2.24, 2.45) is 0 Å². The molecule has 1 saturated heterocycles. The van der Waals surface area contributed by atoms with E-state index in [9.17, 15) is 0 Å². The molecule has 5 heteroatoms. The fourth-order valence-electron chi connectivity index (χ4n) is 1.33. The number of ether oxygens (including phenoxy) is 2. The first-order chi connectivity index (χ1) is 6.77. The molecule has 0 radical (unpaired) electrons. The summed E-state index contributed by atoms with van der Waals surface area (Å²) in [4.78, 5) is 4.02. The van der Waals surface area contributed by atoms with Crippen LogP contribution in [0.3, 0.4) is 0 Å². The number of nitrogen functional groups attached to an aromatic ring is 2. The monoisotopic (exact) mass is 195 g/mol. The summed E-state index contributed by atoms with van der Waals surface area (Å²) >= 11 is 0. The van der Waals surface area contributed by atoms with Gasteiger partial charge >= 0.3 is 0 Å². The lowest BCUT2D eigenvalue weighted by Gasteiger charge is -2.12.